The predicted octanol–water partition coefficient (Wildman–Crippen LogP) is 0.848. The van der Waals surface area contributed by atoms with E-state index in [9.17, 15) is 5.11 Å². The topological polar surface area (TPSA) is 66.4 Å². The predicted molar refractivity (Wildman–Crippen MR) is 72.5 cm³/mol. The molecular formula is C15H20O6. The molecule has 1 N–H and O–H groups in total. The van der Waals surface area contributed by atoms with E-state index in [0.29, 0.717) is 6.61 Å². The molecule has 2 aliphatic rings. The SMILES string of the molecule is CO[C@@H]1O[C@@H]2COC(c3ccccc3)O[C@H]2[C@H](OC)[C@H]1O. The van der Waals surface area contributed by atoms with Crippen molar-refractivity contribution in [3.05, 3.63) is 35.9 Å². The van der Waals surface area contributed by atoms with E-state index in [1.165, 1.54) is 7.11 Å². The summed E-state index contributed by atoms with van der Waals surface area (Å²) in [6.07, 6.45) is -3.39. The van der Waals surface area contributed by atoms with Gasteiger partial charge in [-0.1, -0.05) is 30.3 Å². The van der Waals surface area contributed by atoms with Crippen molar-refractivity contribution in [2.75, 3.05) is 20.8 Å². The summed E-state index contributed by atoms with van der Waals surface area (Å²) < 4.78 is 27.9. The van der Waals surface area contributed by atoms with Gasteiger partial charge in [0.25, 0.3) is 0 Å². The molecule has 0 aliphatic carbocycles. The highest BCUT2D eigenvalue weighted by atomic mass is 16.8. The molecule has 21 heavy (non-hydrogen) atoms. The Morgan fingerprint density at radius 1 is 1.10 bits per heavy atom. The van der Waals surface area contributed by atoms with Crippen molar-refractivity contribution < 1.29 is 28.8 Å². The summed E-state index contributed by atoms with van der Waals surface area (Å²) in [5, 5.41) is 10.2. The standard InChI is InChI=1S/C15H20O6/c1-17-13-11(16)15(18-2)20-10-8-19-14(21-12(10)13)9-6-4-3-5-7-9/h3-7,10-16H,8H2,1-2H3/t10-,11-,12-,13-,14?,15-/m1/s1. The Morgan fingerprint density at radius 2 is 1.86 bits per heavy atom. The van der Waals surface area contributed by atoms with Gasteiger partial charge in [-0.15, -0.1) is 0 Å². The second-order valence-corrected chi connectivity index (χ2v) is 5.15. The largest absolute Gasteiger partial charge is 0.385 e. The first-order valence-electron chi connectivity index (χ1n) is 6.95. The third-order valence-corrected chi connectivity index (χ3v) is 3.88. The van der Waals surface area contributed by atoms with Crippen molar-refractivity contribution >= 4 is 0 Å². The van der Waals surface area contributed by atoms with E-state index in [1.807, 2.05) is 30.3 Å². The molecule has 0 amide bonds. The maximum absolute atomic E-state index is 10.2. The molecule has 2 fully saturated rings. The first kappa shape index (κ1) is 14.9. The van der Waals surface area contributed by atoms with Crippen LogP contribution in [0.25, 0.3) is 0 Å². The average molecular weight is 296 g/mol. The minimum absolute atomic E-state index is 0.330. The molecular weight excluding hydrogens is 276 g/mol. The van der Waals surface area contributed by atoms with E-state index in [2.05, 4.69) is 0 Å². The molecule has 0 spiro atoms. The summed E-state index contributed by atoms with van der Waals surface area (Å²) in [7, 11) is 3.03. The van der Waals surface area contributed by atoms with Gasteiger partial charge in [0.2, 0.25) is 0 Å². The lowest BCUT2D eigenvalue weighted by molar-refractivity contribution is -0.360. The van der Waals surface area contributed by atoms with Crippen LogP contribution in [0.2, 0.25) is 0 Å². The molecule has 2 heterocycles. The number of hydrogen-bond donors (Lipinski definition) is 1. The van der Waals surface area contributed by atoms with E-state index in [-0.39, 0.29) is 6.10 Å². The molecule has 1 aromatic rings. The normalized spacial score (nSPS) is 39.8. The second kappa shape index (κ2) is 6.39. The van der Waals surface area contributed by atoms with Crippen LogP contribution >= 0.6 is 0 Å². The molecule has 6 nitrogen and oxygen atoms in total. The van der Waals surface area contributed by atoms with Crippen LogP contribution < -0.4 is 0 Å². The first-order valence-corrected chi connectivity index (χ1v) is 6.95. The Morgan fingerprint density at radius 3 is 2.52 bits per heavy atom. The molecule has 0 bridgehead atoms. The Balaban J connectivity index is 1.77. The Bertz CT molecular complexity index is 453. The fraction of sp³-hybridized carbons (Fsp3) is 0.600. The third-order valence-electron chi connectivity index (χ3n) is 3.88. The number of aliphatic hydroxyl groups is 1. The van der Waals surface area contributed by atoms with E-state index in [1.54, 1.807) is 7.11 Å². The highest BCUT2D eigenvalue weighted by Gasteiger charge is 2.49. The molecule has 116 valence electrons. The van der Waals surface area contributed by atoms with Crippen molar-refractivity contribution in [1.29, 1.82) is 0 Å². The highest BCUT2D eigenvalue weighted by Crippen LogP contribution is 2.35. The summed E-state index contributed by atoms with van der Waals surface area (Å²) in [5.74, 6) is 0. The number of hydrogen-bond acceptors (Lipinski definition) is 6. The van der Waals surface area contributed by atoms with Gasteiger partial charge in [-0.25, -0.2) is 0 Å². The van der Waals surface area contributed by atoms with E-state index < -0.39 is 30.9 Å². The average Bonchev–Trinajstić information content (AvgIpc) is 2.54. The van der Waals surface area contributed by atoms with Crippen molar-refractivity contribution in [3.8, 4) is 0 Å². The van der Waals surface area contributed by atoms with Gasteiger partial charge < -0.3 is 28.8 Å². The number of ether oxygens (including phenoxy) is 5. The van der Waals surface area contributed by atoms with Crippen molar-refractivity contribution in [2.45, 2.75) is 37.0 Å². The molecule has 3 rings (SSSR count). The Hall–Kier alpha value is -1.02. The Kier molecular flexibility index (Phi) is 4.54. The lowest BCUT2D eigenvalue weighted by Crippen LogP contribution is -2.62. The van der Waals surface area contributed by atoms with Gasteiger partial charge in [0.05, 0.1) is 6.61 Å². The quantitative estimate of drug-likeness (QED) is 0.892. The summed E-state index contributed by atoms with van der Waals surface area (Å²) in [6.45, 7) is 0.358. The summed E-state index contributed by atoms with van der Waals surface area (Å²) in [4.78, 5) is 0. The molecule has 0 aromatic heterocycles. The van der Waals surface area contributed by atoms with Crippen LogP contribution in [0.15, 0.2) is 30.3 Å². The van der Waals surface area contributed by atoms with Crippen LogP contribution in [0, 0.1) is 0 Å². The second-order valence-electron chi connectivity index (χ2n) is 5.15. The zero-order chi connectivity index (χ0) is 14.8. The van der Waals surface area contributed by atoms with E-state index in [4.69, 9.17) is 23.7 Å². The number of aliphatic hydroxyl groups excluding tert-OH is 1. The fourth-order valence-corrected chi connectivity index (χ4v) is 2.81. The maximum atomic E-state index is 10.2. The lowest BCUT2D eigenvalue weighted by atomic mass is 9.97. The van der Waals surface area contributed by atoms with Crippen LogP contribution in [-0.2, 0) is 23.7 Å². The summed E-state index contributed by atoms with van der Waals surface area (Å²) in [6, 6.07) is 9.66. The highest BCUT2D eigenvalue weighted by molar-refractivity contribution is 5.16. The van der Waals surface area contributed by atoms with E-state index >= 15 is 0 Å². The number of rotatable bonds is 3. The van der Waals surface area contributed by atoms with Crippen LogP contribution in [0.1, 0.15) is 11.9 Å². The zero-order valence-corrected chi connectivity index (χ0v) is 12.0. The van der Waals surface area contributed by atoms with Gasteiger partial charge in [0.1, 0.15) is 24.4 Å². The molecule has 6 atom stereocenters. The molecule has 1 aromatic carbocycles. The van der Waals surface area contributed by atoms with Crippen molar-refractivity contribution in [1.82, 2.24) is 0 Å². The molecule has 0 saturated carbocycles. The summed E-state index contributed by atoms with van der Waals surface area (Å²) in [5.41, 5.74) is 0.925. The minimum Gasteiger partial charge on any atom is -0.385 e. The molecule has 6 heteroatoms. The van der Waals surface area contributed by atoms with Gasteiger partial charge in [0.15, 0.2) is 12.6 Å². The molecule has 0 radical (unpaired) electrons. The molecule has 2 saturated heterocycles. The number of benzene rings is 1. The van der Waals surface area contributed by atoms with Gasteiger partial charge in [-0.05, 0) is 0 Å². The van der Waals surface area contributed by atoms with Crippen molar-refractivity contribution in [2.24, 2.45) is 0 Å². The Labute approximate surface area is 123 Å². The third kappa shape index (κ3) is 2.83. The van der Waals surface area contributed by atoms with Crippen LogP contribution in [0.3, 0.4) is 0 Å². The molecule has 2 aliphatic heterocycles. The number of methoxy groups -OCH3 is 2. The van der Waals surface area contributed by atoms with Gasteiger partial charge in [-0.3, -0.25) is 0 Å². The first-order chi connectivity index (χ1) is 10.2. The van der Waals surface area contributed by atoms with Crippen LogP contribution in [0.5, 0.6) is 0 Å². The summed E-state index contributed by atoms with van der Waals surface area (Å²) >= 11 is 0. The lowest BCUT2D eigenvalue weighted by Gasteiger charge is -2.47. The van der Waals surface area contributed by atoms with Gasteiger partial charge >= 0.3 is 0 Å². The monoisotopic (exact) mass is 296 g/mol. The number of fused-ring (bicyclic) bond motifs is 1. The van der Waals surface area contributed by atoms with E-state index in [0.717, 1.165) is 5.56 Å². The maximum Gasteiger partial charge on any atom is 0.186 e. The molecule has 1 unspecified atom stereocenters. The zero-order valence-electron chi connectivity index (χ0n) is 12.0. The minimum atomic E-state index is -0.907. The smallest absolute Gasteiger partial charge is 0.186 e. The van der Waals surface area contributed by atoms with Crippen LogP contribution in [0.4, 0.5) is 0 Å². The van der Waals surface area contributed by atoms with Gasteiger partial charge in [0, 0.05) is 19.8 Å². The van der Waals surface area contributed by atoms with Gasteiger partial charge in [-0.2, -0.15) is 0 Å². The fourth-order valence-electron chi connectivity index (χ4n) is 2.81. The van der Waals surface area contributed by atoms with Crippen molar-refractivity contribution in [3.63, 3.8) is 0 Å². The van der Waals surface area contributed by atoms with Crippen LogP contribution in [-0.4, -0.2) is 56.6 Å².